The van der Waals surface area contributed by atoms with Crippen LogP contribution in [0, 0.1) is 23.7 Å². The molecule has 6 atom stereocenters. The molecule has 3 aromatic rings. The molecule has 2 amide bonds. The molecule has 0 spiro atoms. The lowest BCUT2D eigenvalue weighted by molar-refractivity contribution is -0.139. The second kappa shape index (κ2) is 9.90. The molecule has 7 heteroatoms. The van der Waals surface area contributed by atoms with Gasteiger partial charge in [-0.2, -0.15) is 0 Å². The summed E-state index contributed by atoms with van der Waals surface area (Å²) in [5.74, 6) is -3.71. The molecule has 0 aromatic heterocycles. The molecular weight excluding hydrogens is 542 g/mol. The summed E-state index contributed by atoms with van der Waals surface area (Å²) in [5, 5.41) is 11.5. The second-order valence-corrected chi connectivity index (χ2v) is 11.9. The first-order valence-corrected chi connectivity index (χ1v) is 14.6. The molecule has 0 bridgehead atoms. The maximum atomic E-state index is 14.9. The van der Waals surface area contributed by atoms with Gasteiger partial charge in [0.25, 0.3) is 0 Å². The fourth-order valence-corrected chi connectivity index (χ4v) is 8.27. The van der Waals surface area contributed by atoms with Gasteiger partial charge in [-0.15, -0.1) is 0 Å². The van der Waals surface area contributed by atoms with Crippen LogP contribution in [0.3, 0.4) is 0 Å². The summed E-state index contributed by atoms with van der Waals surface area (Å²) in [6, 6.07) is 23.5. The number of ketones is 2. The van der Waals surface area contributed by atoms with Crippen molar-refractivity contribution in [1.82, 2.24) is 4.90 Å². The number of benzene rings is 3. The third-order valence-electron chi connectivity index (χ3n) is 10.1. The van der Waals surface area contributed by atoms with E-state index in [9.17, 15) is 24.3 Å². The highest BCUT2D eigenvalue weighted by Crippen LogP contribution is 2.64. The van der Waals surface area contributed by atoms with E-state index in [4.69, 9.17) is 4.74 Å². The van der Waals surface area contributed by atoms with E-state index < -0.39 is 35.0 Å². The minimum absolute atomic E-state index is 0.0638. The fraction of sp³-hybridized carbons (Fsp3) is 0.278. The Labute approximate surface area is 249 Å². The first kappa shape index (κ1) is 27.1. The van der Waals surface area contributed by atoms with Crippen LogP contribution in [0.4, 0.5) is 0 Å². The Morgan fingerprint density at radius 1 is 0.884 bits per heavy atom. The second-order valence-electron chi connectivity index (χ2n) is 11.9. The third kappa shape index (κ3) is 3.73. The number of methoxy groups -OCH3 is 1. The number of Topliss-reactive ketones (excluding diaryl/α,β-unsaturated/α-hetero) is 1. The minimum Gasteiger partial charge on any atom is -0.508 e. The van der Waals surface area contributed by atoms with Gasteiger partial charge in [0.1, 0.15) is 11.5 Å². The number of hydrogen-bond donors (Lipinski definition) is 1. The lowest BCUT2D eigenvalue weighted by Crippen LogP contribution is -2.58. The maximum absolute atomic E-state index is 14.9. The van der Waals surface area contributed by atoms with Gasteiger partial charge in [0, 0.05) is 36.1 Å². The third-order valence-corrected chi connectivity index (χ3v) is 10.1. The van der Waals surface area contributed by atoms with Crippen LogP contribution in [0.1, 0.15) is 35.4 Å². The van der Waals surface area contributed by atoms with Crippen LogP contribution in [0.2, 0.25) is 0 Å². The molecule has 7 nitrogen and oxygen atoms in total. The van der Waals surface area contributed by atoms with Crippen molar-refractivity contribution in [2.75, 3.05) is 14.2 Å². The number of likely N-dealkylation sites (tertiary alicyclic amines) is 1. The number of amides is 2. The van der Waals surface area contributed by atoms with Crippen molar-refractivity contribution >= 4 is 29.0 Å². The number of aromatic hydroxyl groups is 1. The van der Waals surface area contributed by atoms with E-state index in [0.717, 1.165) is 5.57 Å². The number of phenolic OH excluding ortho intramolecular Hbond substituents is 1. The Morgan fingerprint density at radius 2 is 1.58 bits per heavy atom. The van der Waals surface area contributed by atoms with Crippen molar-refractivity contribution in [3.05, 3.63) is 113 Å². The van der Waals surface area contributed by atoms with Gasteiger partial charge in [0.05, 0.1) is 24.4 Å². The van der Waals surface area contributed by atoms with Crippen molar-refractivity contribution in [2.45, 2.75) is 24.2 Å². The molecule has 1 heterocycles. The fourth-order valence-electron chi connectivity index (χ4n) is 8.27. The molecule has 0 radical (unpaired) electrons. The largest absolute Gasteiger partial charge is 0.508 e. The van der Waals surface area contributed by atoms with Crippen LogP contribution in [-0.4, -0.2) is 47.5 Å². The minimum atomic E-state index is -1.38. The summed E-state index contributed by atoms with van der Waals surface area (Å²) in [7, 11) is 3.02. The SMILES string of the molecule is COc1ccc(C2C3=CCC4C(=O)N(C)C(=O)C4C3CC3C(=O)C(c4ccccc4)=CC(=O)C32c2ccccc2)c(O)c1. The summed E-state index contributed by atoms with van der Waals surface area (Å²) in [6.45, 7) is 0. The number of carbonyl (C=O) groups is 4. The van der Waals surface area contributed by atoms with Gasteiger partial charge in [-0.3, -0.25) is 24.1 Å². The predicted octanol–water partition coefficient (Wildman–Crippen LogP) is 4.86. The van der Waals surface area contributed by atoms with Crippen molar-refractivity contribution in [1.29, 1.82) is 0 Å². The molecule has 1 aliphatic heterocycles. The summed E-state index contributed by atoms with van der Waals surface area (Å²) in [4.78, 5) is 57.5. The van der Waals surface area contributed by atoms with E-state index in [-0.39, 0.29) is 35.6 Å². The molecular formula is C36H31NO6. The number of phenols is 1. The Hall–Kier alpha value is -4.78. The number of imide groups is 1. The van der Waals surface area contributed by atoms with Gasteiger partial charge in [-0.25, -0.2) is 0 Å². The molecule has 6 unspecified atom stereocenters. The number of hydrogen-bond acceptors (Lipinski definition) is 6. The van der Waals surface area contributed by atoms with E-state index in [0.29, 0.717) is 34.4 Å². The van der Waals surface area contributed by atoms with E-state index >= 15 is 0 Å². The predicted molar refractivity (Wildman–Crippen MR) is 159 cm³/mol. The molecule has 43 heavy (non-hydrogen) atoms. The van der Waals surface area contributed by atoms with Crippen molar-refractivity contribution < 1.29 is 29.0 Å². The van der Waals surface area contributed by atoms with Gasteiger partial charge < -0.3 is 9.84 Å². The Kier molecular flexibility index (Phi) is 6.24. The quantitative estimate of drug-likeness (QED) is 0.354. The Bertz CT molecular complexity index is 1740. The normalized spacial score (nSPS) is 29.8. The Morgan fingerprint density at radius 3 is 2.26 bits per heavy atom. The highest BCUT2D eigenvalue weighted by molar-refractivity contribution is 6.31. The number of fused-ring (bicyclic) bond motifs is 4. The van der Waals surface area contributed by atoms with Gasteiger partial charge in [-0.1, -0.05) is 78.4 Å². The summed E-state index contributed by atoms with van der Waals surface area (Å²) in [5.41, 5.74) is 1.58. The number of nitrogens with zero attached hydrogens (tertiary/aromatic N) is 1. The zero-order chi connectivity index (χ0) is 30.0. The Balaban J connectivity index is 1.53. The van der Waals surface area contributed by atoms with Crippen LogP contribution in [0.15, 0.2) is 96.6 Å². The van der Waals surface area contributed by atoms with Crippen molar-refractivity contribution in [3.63, 3.8) is 0 Å². The molecule has 2 fully saturated rings. The van der Waals surface area contributed by atoms with Gasteiger partial charge in [-0.05, 0) is 42.0 Å². The first-order valence-electron chi connectivity index (χ1n) is 14.6. The number of carbonyl (C=O) groups excluding carboxylic acids is 4. The van der Waals surface area contributed by atoms with Crippen LogP contribution >= 0.6 is 0 Å². The highest BCUT2D eigenvalue weighted by Gasteiger charge is 2.65. The van der Waals surface area contributed by atoms with Crippen LogP contribution in [-0.2, 0) is 24.6 Å². The first-order chi connectivity index (χ1) is 20.8. The van der Waals surface area contributed by atoms with Crippen molar-refractivity contribution in [3.8, 4) is 11.5 Å². The van der Waals surface area contributed by atoms with Crippen molar-refractivity contribution in [2.24, 2.45) is 23.7 Å². The van der Waals surface area contributed by atoms with Crippen LogP contribution in [0.25, 0.3) is 5.57 Å². The molecule has 1 N–H and O–H groups in total. The van der Waals surface area contributed by atoms with E-state index in [1.165, 1.54) is 31.2 Å². The summed E-state index contributed by atoms with van der Waals surface area (Å²) in [6.07, 6.45) is 4.04. The average molecular weight is 574 g/mol. The summed E-state index contributed by atoms with van der Waals surface area (Å²) < 4.78 is 5.36. The molecule has 3 aliphatic carbocycles. The topological polar surface area (TPSA) is 101 Å². The number of rotatable bonds is 4. The summed E-state index contributed by atoms with van der Waals surface area (Å²) >= 11 is 0. The highest BCUT2D eigenvalue weighted by atomic mass is 16.5. The van der Waals surface area contributed by atoms with Gasteiger partial charge in [0.2, 0.25) is 11.8 Å². The number of ether oxygens (including phenoxy) is 1. The van der Waals surface area contributed by atoms with E-state index in [1.54, 1.807) is 12.1 Å². The van der Waals surface area contributed by atoms with Crippen LogP contribution < -0.4 is 4.74 Å². The molecule has 7 rings (SSSR count). The van der Waals surface area contributed by atoms with E-state index in [2.05, 4.69) is 0 Å². The van der Waals surface area contributed by atoms with Gasteiger partial charge >= 0.3 is 0 Å². The molecule has 216 valence electrons. The van der Waals surface area contributed by atoms with Gasteiger partial charge in [0.15, 0.2) is 11.6 Å². The lowest BCUT2D eigenvalue weighted by Gasteiger charge is -2.55. The molecule has 1 saturated carbocycles. The van der Waals surface area contributed by atoms with E-state index in [1.807, 2.05) is 66.7 Å². The van der Waals surface area contributed by atoms with Crippen LogP contribution in [0.5, 0.6) is 11.5 Å². The lowest BCUT2D eigenvalue weighted by atomic mass is 9.44. The smallest absolute Gasteiger partial charge is 0.233 e. The zero-order valence-electron chi connectivity index (χ0n) is 23.9. The molecule has 1 saturated heterocycles. The zero-order valence-corrected chi connectivity index (χ0v) is 23.9. The monoisotopic (exact) mass is 573 g/mol. The maximum Gasteiger partial charge on any atom is 0.233 e. The number of allylic oxidation sites excluding steroid dienone is 4. The standard InChI is InChI=1S/C36H31NO6/c1-37-34(41)25-16-15-23-27(31(25)35(37)42)18-28-33(40)26(20-9-5-3-6-10-20)19-30(39)36(28,21-11-7-4-8-12-21)32(23)24-14-13-22(43-2)17-29(24)38/h3-15,17,19,25,27-28,31-32,38H,16,18H2,1-2H3. The molecule has 3 aromatic carbocycles. The molecule has 4 aliphatic rings. The average Bonchev–Trinajstić information content (AvgIpc) is 3.26.